The minimum absolute atomic E-state index is 0.0756. The molecule has 4 atom stereocenters. The first-order valence-corrected chi connectivity index (χ1v) is 11.5. The van der Waals surface area contributed by atoms with Gasteiger partial charge in [-0.1, -0.05) is 30.3 Å². The molecule has 1 saturated heterocycles. The van der Waals surface area contributed by atoms with Gasteiger partial charge in [0.2, 0.25) is 0 Å². The van der Waals surface area contributed by atoms with Crippen LogP contribution >= 0.6 is 0 Å². The van der Waals surface area contributed by atoms with Crippen molar-refractivity contribution in [1.29, 1.82) is 0 Å². The number of rotatable bonds is 6. The van der Waals surface area contributed by atoms with Gasteiger partial charge in [0.15, 0.2) is 0 Å². The maximum atomic E-state index is 13.8. The van der Waals surface area contributed by atoms with Crippen LogP contribution in [0.4, 0.5) is 0 Å². The van der Waals surface area contributed by atoms with Gasteiger partial charge in [0.05, 0.1) is 5.60 Å². The Morgan fingerprint density at radius 1 is 1.07 bits per heavy atom. The van der Waals surface area contributed by atoms with E-state index in [1.807, 2.05) is 0 Å². The number of piperidine rings is 1. The van der Waals surface area contributed by atoms with Crippen molar-refractivity contribution in [3.8, 4) is 0 Å². The summed E-state index contributed by atoms with van der Waals surface area (Å²) < 4.78 is 6.49. The first-order chi connectivity index (χ1) is 13.6. The van der Waals surface area contributed by atoms with Crippen molar-refractivity contribution in [1.82, 2.24) is 5.32 Å². The summed E-state index contributed by atoms with van der Waals surface area (Å²) in [6, 6.07) is 11.1. The summed E-state index contributed by atoms with van der Waals surface area (Å²) in [5.41, 5.74) is 1.37. The molecule has 1 aromatic rings. The molecular weight excluding hydrogens is 346 g/mol. The third kappa shape index (κ3) is 3.06. The van der Waals surface area contributed by atoms with Crippen LogP contribution in [0.2, 0.25) is 0 Å². The minimum atomic E-state index is -0.144. The van der Waals surface area contributed by atoms with Gasteiger partial charge in [-0.15, -0.1) is 0 Å². The van der Waals surface area contributed by atoms with E-state index in [4.69, 9.17) is 4.74 Å². The van der Waals surface area contributed by atoms with E-state index >= 15 is 0 Å². The van der Waals surface area contributed by atoms with Crippen LogP contribution in [0.5, 0.6) is 0 Å². The highest BCUT2D eigenvalue weighted by molar-refractivity contribution is 5.86. The topological polar surface area (TPSA) is 38.3 Å². The van der Waals surface area contributed by atoms with Gasteiger partial charge < -0.3 is 10.1 Å². The zero-order valence-corrected chi connectivity index (χ0v) is 17.3. The number of nitrogens with one attached hydrogen (secondary N) is 1. The zero-order valence-electron chi connectivity index (χ0n) is 17.3. The van der Waals surface area contributed by atoms with Gasteiger partial charge >= 0.3 is 0 Å². The summed E-state index contributed by atoms with van der Waals surface area (Å²) in [4.78, 5) is 13.8. The molecule has 1 aliphatic heterocycles. The monoisotopic (exact) mass is 381 g/mol. The standard InChI is InChI=1S/C25H35NO2/c1-2-28-25-15-20-13-23(17-25,21-6-4-3-5-7-21)16-24(14-20,18-25)22(27)12-19-8-10-26-11-9-19/h3-7,19-20,26H,2,8-18H2,1H3. The molecule has 152 valence electrons. The quantitative estimate of drug-likeness (QED) is 0.780. The molecule has 1 aromatic carbocycles. The van der Waals surface area contributed by atoms with Crippen LogP contribution < -0.4 is 5.32 Å². The Hall–Kier alpha value is -1.19. The van der Waals surface area contributed by atoms with Gasteiger partial charge in [-0.25, -0.2) is 0 Å². The Labute approximate surface area is 169 Å². The van der Waals surface area contributed by atoms with E-state index in [1.54, 1.807) is 0 Å². The number of hydrogen-bond donors (Lipinski definition) is 1. The molecule has 3 heteroatoms. The fourth-order valence-electron chi connectivity index (χ4n) is 7.81. The van der Waals surface area contributed by atoms with Crippen molar-refractivity contribution in [2.24, 2.45) is 17.3 Å². The van der Waals surface area contributed by atoms with Crippen LogP contribution in [0.25, 0.3) is 0 Å². The Bertz CT molecular complexity index is 727. The average Bonchev–Trinajstić information content (AvgIpc) is 2.68. The lowest BCUT2D eigenvalue weighted by atomic mass is 9.40. The third-order valence-electron chi connectivity index (χ3n) is 8.38. The first kappa shape index (κ1) is 18.8. The van der Waals surface area contributed by atoms with Gasteiger partial charge in [0.1, 0.15) is 5.78 Å². The molecule has 4 saturated carbocycles. The van der Waals surface area contributed by atoms with Crippen molar-refractivity contribution in [3.05, 3.63) is 35.9 Å². The van der Waals surface area contributed by atoms with E-state index < -0.39 is 0 Å². The Kier molecular flexibility index (Phi) is 4.67. The largest absolute Gasteiger partial charge is 0.375 e. The molecular formula is C25H35NO2. The maximum absolute atomic E-state index is 13.8. The van der Waals surface area contributed by atoms with Gasteiger partial charge in [-0.05, 0) is 94.2 Å². The number of carbonyl (C=O) groups excluding carboxylic acids is 1. The Balaban J connectivity index is 1.49. The van der Waals surface area contributed by atoms with Gasteiger partial charge in [-0.2, -0.15) is 0 Å². The predicted octanol–water partition coefficient (Wildman–Crippen LogP) is 4.64. The molecule has 6 rings (SSSR count). The molecule has 0 amide bonds. The van der Waals surface area contributed by atoms with Crippen molar-refractivity contribution in [2.75, 3.05) is 19.7 Å². The van der Waals surface area contributed by atoms with Crippen LogP contribution in [0.1, 0.15) is 70.3 Å². The summed E-state index contributed by atoms with van der Waals surface area (Å²) >= 11 is 0. The summed E-state index contributed by atoms with van der Waals surface area (Å²) in [6.07, 6.45) is 9.77. The van der Waals surface area contributed by atoms with Crippen molar-refractivity contribution in [2.45, 2.75) is 75.7 Å². The van der Waals surface area contributed by atoms with Crippen LogP contribution in [0, 0.1) is 17.3 Å². The lowest BCUT2D eigenvalue weighted by Crippen LogP contribution is -2.64. The lowest BCUT2D eigenvalue weighted by molar-refractivity contribution is -0.203. The second-order valence-electron chi connectivity index (χ2n) is 10.4. The van der Waals surface area contributed by atoms with E-state index in [0.29, 0.717) is 17.6 Å². The molecule has 4 unspecified atom stereocenters. The minimum Gasteiger partial charge on any atom is -0.375 e. The van der Waals surface area contributed by atoms with Crippen molar-refractivity contribution in [3.63, 3.8) is 0 Å². The van der Waals surface area contributed by atoms with E-state index in [0.717, 1.165) is 71.1 Å². The molecule has 3 nitrogen and oxygen atoms in total. The van der Waals surface area contributed by atoms with E-state index in [-0.39, 0.29) is 16.4 Å². The highest BCUT2D eigenvalue weighted by atomic mass is 16.5. The van der Waals surface area contributed by atoms with E-state index in [1.165, 1.54) is 12.0 Å². The molecule has 0 spiro atoms. The highest BCUT2D eigenvalue weighted by Gasteiger charge is 2.66. The second kappa shape index (κ2) is 6.95. The predicted molar refractivity (Wildman–Crippen MR) is 111 cm³/mol. The van der Waals surface area contributed by atoms with Crippen molar-refractivity contribution < 1.29 is 9.53 Å². The van der Waals surface area contributed by atoms with E-state index in [9.17, 15) is 4.79 Å². The maximum Gasteiger partial charge on any atom is 0.139 e. The number of hydrogen-bond acceptors (Lipinski definition) is 3. The summed E-state index contributed by atoms with van der Waals surface area (Å²) in [5, 5.41) is 3.44. The molecule has 4 bridgehead atoms. The number of carbonyl (C=O) groups is 1. The Morgan fingerprint density at radius 3 is 2.61 bits per heavy atom. The first-order valence-electron chi connectivity index (χ1n) is 11.5. The second-order valence-corrected chi connectivity index (χ2v) is 10.4. The fraction of sp³-hybridized carbons (Fsp3) is 0.720. The number of ketones is 1. The van der Waals surface area contributed by atoms with Crippen LogP contribution in [0.3, 0.4) is 0 Å². The van der Waals surface area contributed by atoms with Crippen LogP contribution in [-0.4, -0.2) is 31.1 Å². The number of Topliss-reactive ketones (excluding diaryl/α,β-unsaturated/α-hetero) is 1. The molecule has 0 radical (unpaired) electrons. The average molecular weight is 382 g/mol. The summed E-state index contributed by atoms with van der Waals surface area (Å²) in [6.45, 7) is 5.03. The van der Waals surface area contributed by atoms with E-state index in [2.05, 4.69) is 42.6 Å². The molecule has 0 aromatic heterocycles. The number of ether oxygens (including phenoxy) is 1. The molecule has 4 aliphatic carbocycles. The molecule has 1 heterocycles. The molecule has 28 heavy (non-hydrogen) atoms. The van der Waals surface area contributed by atoms with Crippen molar-refractivity contribution >= 4 is 5.78 Å². The van der Waals surface area contributed by atoms with Gasteiger partial charge in [0, 0.05) is 18.4 Å². The zero-order chi connectivity index (χ0) is 19.2. The van der Waals surface area contributed by atoms with Gasteiger partial charge in [0.25, 0.3) is 0 Å². The smallest absolute Gasteiger partial charge is 0.139 e. The third-order valence-corrected chi connectivity index (χ3v) is 8.38. The lowest BCUT2D eigenvalue weighted by Gasteiger charge is -2.66. The van der Waals surface area contributed by atoms with Crippen LogP contribution in [0.15, 0.2) is 30.3 Å². The van der Waals surface area contributed by atoms with Gasteiger partial charge in [-0.3, -0.25) is 4.79 Å². The molecule has 5 aliphatic rings. The van der Waals surface area contributed by atoms with Crippen LogP contribution in [-0.2, 0) is 14.9 Å². The highest BCUT2D eigenvalue weighted by Crippen LogP contribution is 2.68. The molecule has 5 fully saturated rings. The fourth-order valence-corrected chi connectivity index (χ4v) is 7.81. The Morgan fingerprint density at radius 2 is 1.86 bits per heavy atom. The number of benzene rings is 1. The summed E-state index contributed by atoms with van der Waals surface area (Å²) in [7, 11) is 0. The SMILES string of the molecule is CCOC12CC3CC(C(=O)CC4CCNCC4)(C1)CC(c1ccccc1)(C3)C2. The molecule has 1 N–H and O–H groups in total. The normalized spacial score (nSPS) is 40.0. The summed E-state index contributed by atoms with van der Waals surface area (Å²) in [5.74, 6) is 1.78.